The molecular weight excluding hydrogens is 248 g/mol. The van der Waals surface area contributed by atoms with Gasteiger partial charge < -0.3 is 5.32 Å². The van der Waals surface area contributed by atoms with Crippen LogP contribution in [-0.4, -0.2) is 17.5 Å². The topological polar surface area (TPSA) is 24.4 Å². The molecule has 0 aromatic heterocycles. The highest BCUT2D eigenvalue weighted by atomic mass is 79.9. The maximum Gasteiger partial charge on any atom is 0.161 e. The molecule has 1 N–H and O–H groups in total. The van der Waals surface area contributed by atoms with Gasteiger partial charge in [0.2, 0.25) is 0 Å². The van der Waals surface area contributed by atoms with Crippen molar-refractivity contribution in [2.45, 2.75) is 0 Å². The van der Waals surface area contributed by atoms with E-state index < -0.39 is 0 Å². The second kappa shape index (κ2) is 5.29. The second-order valence-electron chi connectivity index (χ2n) is 2.53. The van der Waals surface area contributed by atoms with Crippen LogP contribution >= 0.6 is 28.7 Å². The summed E-state index contributed by atoms with van der Waals surface area (Å²) >= 11 is 1.78. The van der Waals surface area contributed by atoms with Crippen LogP contribution in [0.2, 0.25) is 0 Å². The first kappa shape index (κ1) is 10.6. The highest BCUT2D eigenvalue weighted by Gasteiger charge is 2.05. The van der Waals surface area contributed by atoms with Gasteiger partial charge in [-0.3, -0.25) is 4.99 Å². The Morgan fingerprint density at radius 2 is 2.00 bits per heavy atom. The predicted molar refractivity (Wildman–Crippen MR) is 65.1 cm³/mol. The molecule has 0 unspecified atom stereocenters. The first-order valence-electron chi connectivity index (χ1n) is 3.94. The first-order valence-corrected chi connectivity index (χ1v) is 4.93. The van der Waals surface area contributed by atoms with Crippen molar-refractivity contribution in [1.29, 1.82) is 0 Å². The van der Waals surface area contributed by atoms with E-state index in [1.807, 2.05) is 30.3 Å². The Hall–Kier alpha value is -0.480. The van der Waals surface area contributed by atoms with Crippen LogP contribution in [0.25, 0.3) is 0 Å². The van der Waals surface area contributed by atoms with Gasteiger partial charge in [-0.15, -0.1) is 17.0 Å². The molecule has 1 aromatic carbocycles. The van der Waals surface area contributed by atoms with Crippen LogP contribution in [0.4, 0.5) is 5.69 Å². The molecule has 70 valence electrons. The number of benzene rings is 1. The van der Waals surface area contributed by atoms with E-state index in [1.165, 1.54) is 0 Å². The van der Waals surface area contributed by atoms with Crippen LogP contribution in [0.3, 0.4) is 0 Å². The smallest absolute Gasteiger partial charge is 0.161 e. The Labute approximate surface area is 92.6 Å². The average molecular weight is 259 g/mol. The number of rotatable bonds is 1. The normalized spacial score (nSPS) is 14.6. The fourth-order valence-corrected chi connectivity index (χ4v) is 1.80. The maximum atomic E-state index is 4.30. The molecule has 13 heavy (non-hydrogen) atoms. The van der Waals surface area contributed by atoms with Crippen molar-refractivity contribution in [3.63, 3.8) is 0 Å². The van der Waals surface area contributed by atoms with Crippen molar-refractivity contribution in [2.75, 3.05) is 17.6 Å². The van der Waals surface area contributed by atoms with E-state index in [4.69, 9.17) is 0 Å². The summed E-state index contributed by atoms with van der Waals surface area (Å²) in [6.07, 6.45) is 0. The Kier molecular flexibility index (Phi) is 4.32. The summed E-state index contributed by atoms with van der Waals surface area (Å²) in [7, 11) is 0. The molecule has 0 saturated carbocycles. The van der Waals surface area contributed by atoms with Gasteiger partial charge in [0.05, 0.1) is 6.54 Å². The third-order valence-corrected chi connectivity index (χ3v) is 2.50. The van der Waals surface area contributed by atoms with Crippen molar-refractivity contribution in [2.24, 2.45) is 4.99 Å². The number of nitrogens with one attached hydrogen (secondary N) is 1. The largest absolute Gasteiger partial charge is 0.335 e. The van der Waals surface area contributed by atoms with E-state index in [0.29, 0.717) is 0 Å². The van der Waals surface area contributed by atoms with Gasteiger partial charge in [-0.25, -0.2) is 0 Å². The molecule has 0 atom stereocenters. The number of aliphatic imine (C=N–C) groups is 1. The zero-order chi connectivity index (χ0) is 8.23. The Bertz CT molecular complexity index is 287. The molecule has 0 saturated heterocycles. The van der Waals surface area contributed by atoms with Crippen molar-refractivity contribution in [3.05, 3.63) is 30.3 Å². The lowest BCUT2D eigenvalue weighted by Crippen LogP contribution is -2.03. The maximum absolute atomic E-state index is 4.30. The van der Waals surface area contributed by atoms with Gasteiger partial charge in [0.1, 0.15) is 0 Å². The lowest BCUT2D eigenvalue weighted by Gasteiger charge is -2.02. The van der Waals surface area contributed by atoms with Gasteiger partial charge in [-0.05, 0) is 12.1 Å². The number of anilines is 1. The van der Waals surface area contributed by atoms with Crippen LogP contribution in [-0.2, 0) is 0 Å². The minimum Gasteiger partial charge on any atom is -0.335 e. The predicted octanol–water partition coefficient (Wildman–Crippen LogP) is 2.78. The molecule has 4 heteroatoms. The lowest BCUT2D eigenvalue weighted by molar-refractivity contribution is 1.17. The summed E-state index contributed by atoms with van der Waals surface area (Å²) in [5.74, 6) is 1.11. The quantitative estimate of drug-likeness (QED) is 0.838. The summed E-state index contributed by atoms with van der Waals surface area (Å²) in [5.41, 5.74) is 1.12. The molecule has 0 radical (unpaired) electrons. The van der Waals surface area contributed by atoms with E-state index in [2.05, 4.69) is 10.3 Å². The molecular formula is C9H11BrN2S. The molecule has 2 nitrogen and oxygen atoms in total. The lowest BCUT2D eigenvalue weighted by atomic mass is 10.3. The monoisotopic (exact) mass is 258 g/mol. The standard InChI is InChI=1S/C9H10N2S.BrH/c1-2-4-8(5-3-1)11-9-10-6-7-12-9;/h1-5H,6-7H2,(H,10,11);1H. The zero-order valence-corrected chi connectivity index (χ0v) is 9.59. The summed E-state index contributed by atoms with van der Waals surface area (Å²) in [5, 5.41) is 4.30. The summed E-state index contributed by atoms with van der Waals surface area (Å²) < 4.78 is 0. The Morgan fingerprint density at radius 1 is 1.23 bits per heavy atom. The first-order chi connectivity index (χ1) is 5.95. The molecule has 1 heterocycles. The van der Waals surface area contributed by atoms with Crippen LogP contribution in [0.15, 0.2) is 35.3 Å². The van der Waals surface area contributed by atoms with Gasteiger partial charge in [0.25, 0.3) is 0 Å². The summed E-state index contributed by atoms with van der Waals surface area (Å²) in [6, 6.07) is 10.1. The SMILES string of the molecule is Br.c1ccc(NC2=NCCS2)cc1. The molecule has 1 aliphatic heterocycles. The molecule has 1 aromatic rings. The molecule has 0 amide bonds. The minimum atomic E-state index is 0. The van der Waals surface area contributed by atoms with Crippen LogP contribution in [0.5, 0.6) is 0 Å². The van der Waals surface area contributed by atoms with Crippen LogP contribution in [0, 0.1) is 0 Å². The number of halogens is 1. The van der Waals surface area contributed by atoms with E-state index in [9.17, 15) is 0 Å². The number of nitrogens with zero attached hydrogens (tertiary/aromatic N) is 1. The van der Waals surface area contributed by atoms with E-state index in [0.717, 1.165) is 23.2 Å². The van der Waals surface area contributed by atoms with E-state index >= 15 is 0 Å². The minimum absolute atomic E-state index is 0. The van der Waals surface area contributed by atoms with Gasteiger partial charge in [0.15, 0.2) is 5.17 Å². The number of hydrogen-bond donors (Lipinski definition) is 1. The molecule has 0 bridgehead atoms. The van der Waals surface area contributed by atoms with Gasteiger partial charge in [0, 0.05) is 11.4 Å². The highest BCUT2D eigenvalue weighted by molar-refractivity contribution is 8.93. The molecule has 1 aliphatic rings. The Morgan fingerprint density at radius 3 is 2.62 bits per heavy atom. The number of para-hydroxylation sites is 1. The van der Waals surface area contributed by atoms with E-state index in [1.54, 1.807) is 11.8 Å². The van der Waals surface area contributed by atoms with Crippen LogP contribution in [0.1, 0.15) is 0 Å². The van der Waals surface area contributed by atoms with Crippen molar-refractivity contribution >= 4 is 39.6 Å². The second-order valence-corrected chi connectivity index (χ2v) is 3.61. The van der Waals surface area contributed by atoms with E-state index in [-0.39, 0.29) is 17.0 Å². The van der Waals surface area contributed by atoms with Gasteiger partial charge in [-0.2, -0.15) is 0 Å². The number of hydrogen-bond acceptors (Lipinski definition) is 3. The van der Waals surface area contributed by atoms with Crippen molar-refractivity contribution < 1.29 is 0 Å². The zero-order valence-electron chi connectivity index (χ0n) is 7.06. The highest BCUT2D eigenvalue weighted by Crippen LogP contribution is 2.14. The van der Waals surface area contributed by atoms with Crippen molar-refractivity contribution in [1.82, 2.24) is 0 Å². The number of thioether (sulfide) groups is 1. The van der Waals surface area contributed by atoms with Gasteiger partial charge >= 0.3 is 0 Å². The summed E-state index contributed by atoms with van der Waals surface area (Å²) in [4.78, 5) is 4.30. The molecule has 0 fully saturated rings. The average Bonchev–Trinajstić information content (AvgIpc) is 2.59. The van der Waals surface area contributed by atoms with Crippen LogP contribution < -0.4 is 5.32 Å². The third kappa shape index (κ3) is 3.04. The number of amidine groups is 1. The molecule has 0 aliphatic carbocycles. The third-order valence-electron chi connectivity index (χ3n) is 1.61. The Balaban J connectivity index is 0.000000845. The molecule has 2 rings (SSSR count). The fourth-order valence-electron chi connectivity index (χ4n) is 1.06. The van der Waals surface area contributed by atoms with Crippen molar-refractivity contribution in [3.8, 4) is 0 Å². The summed E-state index contributed by atoms with van der Waals surface area (Å²) in [6.45, 7) is 0.944. The van der Waals surface area contributed by atoms with Gasteiger partial charge in [-0.1, -0.05) is 30.0 Å². The molecule has 0 spiro atoms. The fraction of sp³-hybridized carbons (Fsp3) is 0.222.